The van der Waals surface area contributed by atoms with E-state index in [0.29, 0.717) is 12.4 Å². The fourth-order valence-electron chi connectivity index (χ4n) is 1.77. The zero-order chi connectivity index (χ0) is 15.1. The standard InChI is InChI=1S/C13H19N5O2S/c1-10(9-19)4-2-6-14-12(20)8-18-16-13(15-17-18)11-5-3-7-21-11/h3,5,7,10,19H,2,4,6,8-9H2,1H3,(H,14,20). The third-order valence-electron chi connectivity index (χ3n) is 2.99. The minimum atomic E-state index is -0.137. The van der Waals surface area contributed by atoms with Crippen LogP contribution in [0.5, 0.6) is 0 Å². The lowest BCUT2D eigenvalue weighted by Crippen LogP contribution is -2.29. The topological polar surface area (TPSA) is 92.9 Å². The molecule has 0 aliphatic rings. The molecule has 0 fully saturated rings. The van der Waals surface area contributed by atoms with Crippen LogP contribution in [-0.4, -0.2) is 44.4 Å². The number of rotatable bonds is 8. The number of amides is 1. The fourth-order valence-corrected chi connectivity index (χ4v) is 2.42. The molecule has 0 bridgehead atoms. The number of carbonyl (C=O) groups excluding carboxylic acids is 1. The van der Waals surface area contributed by atoms with Crippen molar-refractivity contribution in [3.05, 3.63) is 17.5 Å². The first-order valence-electron chi connectivity index (χ1n) is 6.88. The largest absolute Gasteiger partial charge is 0.396 e. The van der Waals surface area contributed by atoms with Crippen LogP contribution >= 0.6 is 11.3 Å². The Kier molecular flexibility index (Phi) is 5.82. The predicted molar refractivity (Wildman–Crippen MR) is 79.6 cm³/mol. The Hall–Kier alpha value is -1.80. The summed E-state index contributed by atoms with van der Waals surface area (Å²) in [6.07, 6.45) is 1.74. The maximum absolute atomic E-state index is 11.7. The molecule has 0 spiro atoms. The number of nitrogens with zero attached hydrogens (tertiary/aromatic N) is 4. The van der Waals surface area contributed by atoms with E-state index in [2.05, 4.69) is 20.7 Å². The second-order valence-corrected chi connectivity index (χ2v) is 5.85. The molecule has 2 aromatic heterocycles. The van der Waals surface area contributed by atoms with Crippen molar-refractivity contribution in [2.24, 2.45) is 5.92 Å². The van der Waals surface area contributed by atoms with E-state index in [1.165, 1.54) is 16.1 Å². The second-order valence-electron chi connectivity index (χ2n) is 4.90. The Morgan fingerprint density at radius 2 is 2.43 bits per heavy atom. The van der Waals surface area contributed by atoms with Gasteiger partial charge in [0.1, 0.15) is 6.54 Å². The quantitative estimate of drug-likeness (QED) is 0.708. The van der Waals surface area contributed by atoms with E-state index in [0.717, 1.165) is 17.7 Å². The van der Waals surface area contributed by atoms with Crippen molar-refractivity contribution in [2.75, 3.05) is 13.2 Å². The van der Waals surface area contributed by atoms with Crippen LogP contribution in [0.25, 0.3) is 10.7 Å². The van der Waals surface area contributed by atoms with Gasteiger partial charge in [-0.05, 0) is 35.4 Å². The van der Waals surface area contributed by atoms with Gasteiger partial charge < -0.3 is 10.4 Å². The van der Waals surface area contributed by atoms with Gasteiger partial charge in [-0.3, -0.25) is 4.79 Å². The highest BCUT2D eigenvalue weighted by atomic mass is 32.1. The first-order valence-corrected chi connectivity index (χ1v) is 7.76. The van der Waals surface area contributed by atoms with E-state index in [1.807, 2.05) is 24.4 Å². The molecule has 8 heteroatoms. The summed E-state index contributed by atoms with van der Waals surface area (Å²) in [6.45, 7) is 2.82. The average molecular weight is 309 g/mol. The second kappa shape index (κ2) is 7.84. The number of hydrogen-bond donors (Lipinski definition) is 2. The highest BCUT2D eigenvalue weighted by Gasteiger charge is 2.09. The zero-order valence-corrected chi connectivity index (χ0v) is 12.7. The molecule has 1 amide bonds. The van der Waals surface area contributed by atoms with Crippen molar-refractivity contribution in [1.82, 2.24) is 25.5 Å². The Balaban J connectivity index is 1.73. The minimum absolute atomic E-state index is 0.0634. The molecular weight excluding hydrogens is 290 g/mol. The number of nitrogens with one attached hydrogen (secondary N) is 1. The number of carbonyl (C=O) groups is 1. The highest BCUT2D eigenvalue weighted by molar-refractivity contribution is 7.13. The lowest BCUT2D eigenvalue weighted by atomic mass is 10.1. The molecule has 2 heterocycles. The van der Waals surface area contributed by atoms with Gasteiger partial charge in [0.05, 0.1) is 4.88 Å². The van der Waals surface area contributed by atoms with Crippen molar-refractivity contribution < 1.29 is 9.90 Å². The van der Waals surface area contributed by atoms with Gasteiger partial charge in [-0.2, -0.15) is 4.80 Å². The summed E-state index contributed by atoms with van der Waals surface area (Å²) in [4.78, 5) is 14.0. The first kappa shape index (κ1) is 15.6. The normalized spacial score (nSPS) is 12.3. The molecule has 2 N–H and O–H groups in total. The molecule has 21 heavy (non-hydrogen) atoms. The van der Waals surface area contributed by atoms with Crippen LogP contribution in [0, 0.1) is 5.92 Å². The molecule has 0 radical (unpaired) electrons. The SMILES string of the molecule is CC(CO)CCCNC(=O)Cn1nnc(-c2cccs2)n1. The van der Waals surface area contributed by atoms with Crippen molar-refractivity contribution >= 4 is 17.2 Å². The smallest absolute Gasteiger partial charge is 0.243 e. The van der Waals surface area contributed by atoms with Crippen LogP contribution in [0.3, 0.4) is 0 Å². The number of thiophene rings is 1. The Bertz CT molecular complexity index is 555. The van der Waals surface area contributed by atoms with Gasteiger partial charge >= 0.3 is 0 Å². The van der Waals surface area contributed by atoms with E-state index in [1.54, 1.807) is 0 Å². The van der Waals surface area contributed by atoms with Crippen molar-refractivity contribution in [2.45, 2.75) is 26.3 Å². The van der Waals surface area contributed by atoms with Crippen molar-refractivity contribution in [3.8, 4) is 10.7 Å². The number of aromatic nitrogens is 4. The molecule has 0 saturated heterocycles. The number of hydrogen-bond acceptors (Lipinski definition) is 6. The molecule has 0 aliphatic heterocycles. The molecule has 0 saturated carbocycles. The monoisotopic (exact) mass is 309 g/mol. The van der Waals surface area contributed by atoms with Gasteiger partial charge in [0.25, 0.3) is 0 Å². The van der Waals surface area contributed by atoms with E-state index in [9.17, 15) is 4.79 Å². The fraction of sp³-hybridized carbons (Fsp3) is 0.538. The maximum atomic E-state index is 11.7. The van der Waals surface area contributed by atoms with Gasteiger partial charge in [0.15, 0.2) is 0 Å². The van der Waals surface area contributed by atoms with Gasteiger partial charge in [-0.15, -0.1) is 21.5 Å². The van der Waals surface area contributed by atoms with Gasteiger partial charge in [-0.1, -0.05) is 13.0 Å². The van der Waals surface area contributed by atoms with Crippen LogP contribution in [0.15, 0.2) is 17.5 Å². The Morgan fingerprint density at radius 3 is 3.14 bits per heavy atom. The maximum Gasteiger partial charge on any atom is 0.243 e. The third kappa shape index (κ3) is 4.91. The summed E-state index contributed by atoms with van der Waals surface area (Å²) in [6, 6.07) is 3.83. The number of aliphatic hydroxyl groups is 1. The van der Waals surface area contributed by atoms with Crippen LogP contribution in [0.1, 0.15) is 19.8 Å². The van der Waals surface area contributed by atoms with Gasteiger partial charge in [-0.25, -0.2) is 0 Å². The molecule has 0 aliphatic carbocycles. The molecule has 1 unspecified atom stereocenters. The van der Waals surface area contributed by atoms with Crippen molar-refractivity contribution in [3.63, 3.8) is 0 Å². The zero-order valence-electron chi connectivity index (χ0n) is 11.9. The Morgan fingerprint density at radius 1 is 1.57 bits per heavy atom. The van der Waals surface area contributed by atoms with Crippen LogP contribution < -0.4 is 5.32 Å². The lowest BCUT2D eigenvalue weighted by Gasteiger charge is -2.08. The first-order chi connectivity index (χ1) is 10.2. The predicted octanol–water partition coefficient (Wildman–Crippen LogP) is 0.926. The summed E-state index contributed by atoms with van der Waals surface area (Å²) >= 11 is 1.53. The molecule has 2 rings (SSSR count). The Labute approximate surface area is 127 Å². The average Bonchev–Trinajstić information content (AvgIpc) is 3.13. The van der Waals surface area contributed by atoms with E-state index in [4.69, 9.17) is 5.11 Å². The van der Waals surface area contributed by atoms with Gasteiger partial charge in [0.2, 0.25) is 11.7 Å². The lowest BCUT2D eigenvalue weighted by molar-refractivity contribution is -0.122. The number of aliphatic hydroxyl groups excluding tert-OH is 1. The van der Waals surface area contributed by atoms with E-state index < -0.39 is 0 Å². The molecule has 0 aromatic carbocycles. The summed E-state index contributed by atoms with van der Waals surface area (Å²) in [7, 11) is 0. The van der Waals surface area contributed by atoms with Gasteiger partial charge in [0, 0.05) is 13.2 Å². The van der Waals surface area contributed by atoms with Crippen molar-refractivity contribution in [1.29, 1.82) is 0 Å². The summed E-state index contributed by atoms with van der Waals surface area (Å²) in [5.41, 5.74) is 0. The van der Waals surface area contributed by atoms with Crippen LogP contribution in [0.2, 0.25) is 0 Å². The summed E-state index contributed by atoms with van der Waals surface area (Å²) < 4.78 is 0. The summed E-state index contributed by atoms with van der Waals surface area (Å²) in [5.74, 6) is 0.670. The molecule has 114 valence electrons. The van der Waals surface area contributed by atoms with E-state index >= 15 is 0 Å². The van der Waals surface area contributed by atoms with Crippen LogP contribution in [-0.2, 0) is 11.3 Å². The summed E-state index contributed by atoms with van der Waals surface area (Å²) in [5, 5.41) is 25.6. The molecule has 1 atom stereocenters. The third-order valence-corrected chi connectivity index (χ3v) is 3.85. The van der Waals surface area contributed by atoms with Crippen LogP contribution in [0.4, 0.5) is 0 Å². The molecule has 2 aromatic rings. The highest BCUT2D eigenvalue weighted by Crippen LogP contribution is 2.19. The van der Waals surface area contributed by atoms with E-state index in [-0.39, 0.29) is 25.0 Å². The number of tetrazole rings is 1. The molecular formula is C13H19N5O2S. The molecule has 7 nitrogen and oxygen atoms in total. The minimum Gasteiger partial charge on any atom is -0.396 e.